The Labute approximate surface area is 99.7 Å². The first kappa shape index (κ1) is 11.6. The highest BCUT2D eigenvalue weighted by molar-refractivity contribution is 5.68. The number of hydrogen-bond acceptors (Lipinski definition) is 4. The molecule has 5 nitrogen and oxygen atoms in total. The number of anilines is 1. The molecule has 0 radical (unpaired) electrons. The summed E-state index contributed by atoms with van der Waals surface area (Å²) in [6.07, 6.45) is 5.22. The SMILES string of the molecule is CCNc1cc([N+](=O)[O-])cc(C2=CCCC2)n1. The third-order valence-corrected chi connectivity index (χ3v) is 2.75. The molecule has 2 rings (SSSR count). The standard InChI is InChI=1S/C12H15N3O2/c1-2-13-12-8-10(15(16)17)7-11(14-12)9-5-3-4-6-9/h5,7-8H,2-4,6H2,1H3,(H,13,14). The van der Waals surface area contributed by atoms with Gasteiger partial charge in [0.15, 0.2) is 0 Å². The first-order chi connectivity index (χ1) is 8.20. The van der Waals surface area contributed by atoms with Crippen LogP contribution in [0.25, 0.3) is 5.57 Å². The van der Waals surface area contributed by atoms with Crippen molar-refractivity contribution in [1.29, 1.82) is 0 Å². The van der Waals surface area contributed by atoms with E-state index in [-0.39, 0.29) is 10.6 Å². The van der Waals surface area contributed by atoms with Crippen molar-refractivity contribution in [3.8, 4) is 0 Å². The normalized spacial score (nSPS) is 14.5. The Bertz CT molecular complexity index is 469. The van der Waals surface area contributed by atoms with Crippen LogP contribution in [0, 0.1) is 10.1 Å². The summed E-state index contributed by atoms with van der Waals surface area (Å²) in [5.41, 5.74) is 1.94. The van der Waals surface area contributed by atoms with E-state index in [1.54, 1.807) is 6.07 Å². The summed E-state index contributed by atoms with van der Waals surface area (Å²) < 4.78 is 0. The van der Waals surface area contributed by atoms with Gasteiger partial charge in [0, 0.05) is 12.6 Å². The zero-order chi connectivity index (χ0) is 12.3. The molecular formula is C12H15N3O2. The molecule has 0 fully saturated rings. The topological polar surface area (TPSA) is 68.1 Å². The van der Waals surface area contributed by atoms with E-state index >= 15 is 0 Å². The average Bonchev–Trinajstić information content (AvgIpc) is 2.82. The van der Waals surface area contributed by atoms with Gasteiger partial charge in [0.05, 0.1) is 16.7 Å². The zero-order valence-corrected chi connectivity index (χ0v) is 9.77. The predicted molar refractivity (Wildman–Crippen MR) is 66.9 cm³/mol. The van der Waals surface area contributed by atoms with Gasteiger partial charge in [-0.15, -0.1) is 0 Å². The Kier molecular flexibility index (Phi) is 3.37. The van der Waals surface area contributed by atoms with Crippen molar-refractivity contribution >= 4 is 17.1 Å². The van der Waals surface area contributed by atoms with Gasteiger partial charge in [-0.05, 0) is 31.8 Å². The molecule has 1 aliphatic carbocycles. The molecule has 0 bridgehead atoms. The smallest absolute Gasteiger partial charge is 0.275 e. The molecule has 1 heterocycles. The van der Waals surface area contributed by atoms with Gasteiger partial charge in [-0.3, -0.25) is 10.1 Å². The highest BCUT2D eigenvalue weighted by Gasteiger charge is 2.15. The fourth-order valence-electron chi connectivity index (χ4n) is 1.96. The molecule has 0 aliphatic heterocycles. The molecule has 0 spiro atoms. The van der Waals surface area contributed by atoms with Crippen LogP contribution < -0.4 is 5.32 Å². The molecule has 0 unspecified atom stereocenters. The van der Waals surface area contributed by atoms with Crippen molar-refractivity contribution in [3.63, 3.8) is 0 Å². The number of pyridine rings is 1. The monoisotopic (exact) mass is 233 g/mol. The third-order valence-electron chi connectivity index (χ3n) is 2.75. The van der Waals surface area contributed by atoms with Gasteiger partial charge in [-0.25, -0.2) is 4.98 Å². The van der Waals surface area contributed by atoms with Gasteiger partial charge < -0.3 is 5.32 Å². The van der Waals surface area contributed by atoms with Gasteiger partial charge in [0.25, 0.3) is 5.69 Å². The molecule has 90 valence electrons. The van der Waals surface area contributed by atoms with Crippen LogP contribution in [-0.2, 0) is 0 Å². The summed E-state index contributed by atoms with van der Waals surface area (Å²) in [6.45, 7) is 2.64. The predicted octanol–water partition coefficient (Wildman–Crippen LogP) is 2.99. The second-order valence-corrected chi connectivity index (χ2v) is 4.00. The Hall–Kier alpha value is -1.91. The molecule has 0 saturated heterocycles. The number of rotatable bonds is 4. The lowest BCUT2D eigenvalue weighted by atomic mass is 10.1. The maximum absolute atomic E-state index is 10.9. The Morgan fingerprint density at radius 1 is 1.53 bits per heavy atom. The summed E-state index contributed by atoms with van der Waals surface area (Å²) in [7, 11) is 0. The fourth-order valence-corrected chi connectivity index (χ4v) is 1.96. The lowest BCUT2D eigenvalue weighted by Gasteiger charge is -2.06. The fraction of sp³-hybridized carbons (Fsp3) is 0.417. The summed E-state index contributed by atoms with van der Waals surface area (Å²) >= 11 is 0. The van der Waals surface area contributed by atoms with E-state index < -0.39 is 0 Å². The van der Waals surface area contributed by atoms with Crippen molar-refractivity contribution < 1.29 is 4.92 Å². The van der Waals surface area contributed by atoms with E-state index in [1.165, 1.54) is 6.07 Å². The molecule has 0 saturated carbocycles. The molecule has 1 aromatic heterocycles. The maximum Gasteiger partial charge on any atom is 0.275 e. The molecule has 5 heteroatoms. The van der Waals surface area contributed by atoms with Crippen LogP contribution in [0.4, 0.5) is 11.5 Å². The Morgan fingerprint density at radius 3 is 2.94 bits per heavy atom. The van der Waals surface area contributed by atoms with Crippen LogP contribution in [0.5, 0.6) is 0 Å². The molecule has 1 N–H and O–H groups in total. The van der Waals surface area contributed by atoms with Crippen LogP contribution in [0.3, 0.4) is 0 Å². The second kappa shape index (κ2) is 4.95. The minimum Gasteiger partial charge on any atom is -0.370 e. The number of nitrogens with one attached hydrogen (secondary N) is 1. The van der Waals surface area contributed by atoms with E-state index in [9.17, 15) is 10.1 Å². The van der Waals surface area contributed by atoms with Crippen LogP contribution in [-0.4, -0.2) is 16.5 Å². The quantitative estimate of drug-likeness (QED) is 0.641. The van der Waals surface area contributed by atoms with Crippen LogP contribution in [0.15, 0.2) is 18.2 Å². The minimum absolute atomic E-state index is 0.0961. The number of nitrogens with zero attached hydrogens (tertiary/aromatic N) is 2. The molecular weight excluding hydrogens is 218 g/mol. The number of allylic oxidation sites excluding steroid dienone is 2. The maximum atomic E-state index is 10.9. The average molecular weight is 233 g/mol. The van der Waals surface area contributed by atoms with Crippen LogP contribution in [0.1, 0.15) is 31.9 Å². The molecule has 1 aliphatic rings. The van der Waals surface area contributed by atoms with Gasteiger partial charge >= 0.3 is 0 Å². The largest absolute Gasteiger partial charge is 0.370 e. The minimum atomic E-state index is -0.373. The zero-order valence-electron chi connectivity index (χ0n) is 9.77. The van der Waals surface area contributed by atoms with E-state index in [1.807, 2.05) is 6.92 Å². The van der Waals surface area contributed by atoms with E-state index in [2.05, 4.69) is 16.4 Å². The summed E-state index contributed by atoms with van der Waals surface area (Å²) in [5, 5.41) is 13.9. The van der Waals surface area contributed by atoms with Crippen molar-refractivity contribution in [3.05, 3.63) is 34.0 Å². The Balaban J connectivity index is 2.40. The van der Waals surface area contributed by atoms with E-state index in [0.717, 1.165) is 30.5 Å². The van der Waals surface area contributed by atoms with Gasteiger partial charge in [0.2, 0.25) is 0 Å². The summed E-state index contributed by atoms with van der Waals surface area (Å²) in [4.78, 5) is 14.9. The van der Waals surface area contributed by atoms with Crippen LogP contribution >= 0.6 is 0 Å². The molecule has 0 amide bonds. The molecule has 1 aromatic rings. The first-order valence-corrected chi connectivity index (χ1v) is 5.80. The lowest BCUT2D eigenvalue weighted by molar-refractivity contribution is -0.384. The van der Waals surface area contributed by atoms with Gasteiger partial charge in [-0.2, -0.15) is 0 Å². The van der Waals surface area contributed by atoms with E-state index in [0.29, 0.717) is 12.4 Å². The first-order valence-electron chi connectivity index (χ1n) is 5.80. The number of hydrogen-bond donors (Lipinski definition) is 1. The van der Waals surface area contributed by atoms with Crippen molar-refractivity contribution in [2.75, 3.05) is 11.9 Å². The third kappa shape index (κ3) is 2.61. The molecule has 0 aromatic carbocycles. The Morgan fingerprint density at radius 2 is 2.35 bits per heavy atom. The number of nitro groups is 1. The van der Waals surface area contributed by atoms with Crippen molar-refractivity contribution in [1.82, 2.24) is 4.98 Å². The molecule has 0 atom stereocenters. The van der Waals surface area contributed by atoms with Gasteiger partial charge in [-0.1, -0.05) is 6.08 Å². The summed E-state index contributed by atoms with van der Waals surface area (Å²) in [6, 6.07) is 3.03. The lowest BCUT2D eigenvalue weighted by Crippen LogP contribution is -2.02. The number of aromatic nitrogens is 1. The van der Waals surface area contributed by atoms with Crippen molar-refractivity contribution in [2.45, 2.75) is 26.2 Å². The second-order valence-electron chi connectivity index (χ2n) is 4.00. The van der Waals surface area contributed by atoms with E-state index in [4.69, 9.17) is 0 Å². The highest BCUT2D eigenvalue weighted by Crippen LogP contribution is 2.29. The van der Waals surface area contributed by atoms with Gasteiger partial charge in [0.1, 0.15) is 5.82 Å². The van der Waals surface area contributed by atoms with Crippen LogP contribution in [0.2, 0.25) is 0 Å². The summed E-state index contributed by atoms with van der Waals surface area (Å²) in [5.74, 6) is 0.574. The highest BCUT2D eigenvalue weighted by atomic mass is 16.6. The molecule has 17 heavy (non-hydrogen) atoms. The van der Waals surface area contributed by atoms with Crippen molar-refractivity contribution in [2.24, 2.45) is 0 Å².